The SMILES string of the molecule is C=C1CCC2CNC(C(=O)O)C12. The molecule has 2 fully saturated rings. The first-order valence-corrected chi connectivity index (χ1v) is 4.34. The number of carboxylic acids is 1. The topological polar surface area (TPSA) is 49.3 Å². The number of carboxylic acid groups (broad SMARTS) is 1. The third-order valence-electron chi connectivity index (χ3n) is 3.04. The van der Waals surface area contributed by atoms with Crippen LogP contribution in [-0.4, -0.2) is 23.7 Å². The molecule has 0 aromatic carbocycles. The molecule has 1 saturated heterocycles. The molecule has 2 aliphatic rings. The lowest BCUT2D eigenvalue weighted by atomic mass is 9.92. The molecule has 0 bridgehead atoms. The lowest BCUT2D eigenvalue weighted by Crippen LogP contribution is -2.35. The minimum Gasteiger partial charge on any atom is -0.480 e. The van der Waals surface area contributed by atoms with Gasteiger partial charge in [-0.3, -0.25) is 4.79 Å². The Labute approximate surface area is 71.5 Å². The van der Waals surface area contributed by atoms with Gasteiger partial charge in [-0.15, -0.1) is 0 Å². The van der Waals surface area contributed by atoms with E-state index in [-0.39, 0.29) is 12.0 Å². The summed E-state index contributed by atoms with van der Waals surface area (Å²) >= 11 is 0. The summed E-state index contributed by atoms with van der Waals surface area (Å²) in [6.45, 7) is 4.77. The molecular weight excluding hydrogens is 154 g/mol. The molecule has 1 aliphatic heterocycles. The van der Waals surface area contributed by atoms with Gasteiger partial charge in [0.05, 0.1) is 0 Å². The van der Waals surface area contributed by atoms with E-state index in [9.17, 15) is 4.79 Å². The maximum Gasteiger partial charge on any atom is 0.321 e. The Hall–Kier alpha value is -0.830. The van der Waals surface area contributed by atoms with Gasteiger partial charge in [0.1, 0.15) is 6.04 Å². The smallest absolute Gasteiger partial charge is 0.321 e. The fourth-order valence-electron chi connectivity index (χ4n) is 2.43. The first-order chi connectivity index (χ1) is 5.70. The van der Waals surface area contributed by atoms with Crippen LogP contribution in [0, 0.1) is 11.8 Å². The van der Waals surface area contributed by atoms with Crippen molar-refractivity contribution in [3.05, 3.63) is 12.2 Å². The monoisotopic (exact) mass is 167 g/mol. The van der Waals surface area contributed by atoms with Gasteiger partial charge >= 0.3 is 5.97 Å². The second-order valence-corrected chi connectivity index (χ2v) is 3.71. The fourth-order valence-corrected chi connectivity index (χ4v) is 2.43. The van der Waals surface area contributed by atoms with Crippen molar-refractivity contribution in [2.45, 2.75) is 18.9 Å². The molecule has 3 nitrogen and oxygen atoms in total. The fraction of sp³-hybridized carbons (Fsp3) is 0.667. The highest BCUT2D eigenvalue weighted by Gasteiger charge is 2.44. The number of carbonyl (C=O) groups is 1. The summed E-state index contributed by atoms with van der Waals surface area (Å²) in [4.78, 5) is 10.8. The van der Waals surface area contributed by atoms with Crippen LogP contribution >= 0.6 is 0 Å². The number of fused-ring (bicyclic) bond motifs is 1. The molecule has 3 heteroatoms. The first-order valence-electron chi connectivity index (χ1n) is 4.34. The molecular formula is C9H13NO2. The zero-order valence-electron chi connectivity index (χ0n) is 6.92. The van der Waals surface area contributed by atoms with E-state index in [0.717, 1.165) is 25.0 Å². The molecule has 0 amide bonds. The predicted molar refractivity (Wildman–Crippen MR) is 44.8 cm³/mol. The second kappa shape index (κ2) is 2.59. The molecule has 0 aromatic rings. The van der Waals surface area contributed by atoms with E-state index in [1.165, 1.54) is 0 Å². The zero-order chi connectivity index (χ0) is 8.72. The molecule has 0 radical (unpaired) electrons. The predicted octanol–water partition coefficient (Wildman–Crippen LogP) is 0.625. The van der Waals surface area contributed by atoms with Crippen LogP contribution in [0.2, 0.25) is 0 Å². The Morgan fingerprint density at radius 1 is 1.67 bits per heavy atom. The summed E-state index contributed by atoms with van der Waals surface area (Å²) in [6.07, 6.45) is 2.13. The molecule has 1 saturated carbocycles. The lowest BCUT2D eigenvalue weighted by Gasteiger charge is -2.14. The van der Waals surface area contributed by atoms with E-state index in [1.807, 2.05) is 0 Å². The Kier molecular flexibility index (Phi) is 1.68. The maximum absolute atomic E-state index is 10.8. The molecule has 1 aliphatic carbocycles. The minimum absolute atomic E-state index is 0.197. The van der Waals surface area contributed by atoms with Gasteiger partial charge in [0.2, 0.25) is 0 Å². The molecule has 1 heterocycles. The maximum atomic E-state index is 10.8. The summed E-state index contributed by atoms with van der Waals surface area (Å²) in [5.74, 6) is -0.00773. The quantitative estimate of drug-likeness (QED) is 0.563. The van der Waals surface area contributed by atoms with Crippen LogP contribution in [0.15, 0.2) is 12.2 Å². The van der Waals surface area contributed by atoms with Gasteiger partial charge < -0.3 is 10.4 Å². The molecule has 66 valence electrons. The second-order valence-electron chi connectivity index (χ2n) is 3.71. The summed E-state index contributed by atoms with van der Waals surface area (Å²) < 4.78 is 0. The van der Waals surface area contributed by atoms with Gasteiger partial charge in [0.25, 0.3) is 0 Å². The Morgan fingerprint density at radius 3 is 3.08 bits per heavy atom. The van der Waals surface area contributed by atoms with Gasteiger partial charge in [0, 0.05) is 5.92 Å². The largest absolute Gasteiger partial charge is 0.480 e. The highest BCUT2D eigenvalue weighted by atomic mass is 16.4. The van der Waals surface area contributed by atoms with Gasteiger partial charge in [-0.05, 0) is 25.3 Å². The molecule has 12 heavy (non-hydrogen) atoms. The van der Waals surface area contributed by atoms with Gasteiger partial charge in [0.15, 0.2) is 0 Å². The van der Waals surface area contributed by atoms with Gasteiger partial charge in [-0.1, -0.05) is 12.2 Å². The zero-order valence-corrected chi connectivity index (χ0v) is 6.92. The number of hydrogen-bond acceptors (Lipinski definition) is 2. The first kappa shape index (κ1) is 7.80. The van der Waals surface area contributed by atoms with E-state index in [0.29, 0.717) is 5.92 Å². The van der Waals surface area contributed by atoms with Gasteiger partial charge in [-0.2, -0.15) is 0 Å². The van der Waals surface area contributed by atoms with Crippen LogP contribution in [0.1, 0.15) is 12.8 Å². The average molecular weight is 167 g/mol. The third-order valence-corrected chi connectivity index (χ3v) is 3.04. The van der Waals surface area contributed by atoms with Gasteiger partial charge in [-0.25, -0.2) is 0 Å². The van der Waals surface area contributed by atoms with Crippen molar-refractivity contribution in [1.82, 2.24) is 5.32 Å². The van der Waals surface area contributed by atoms with Crippen molar-refractivity contribution >= 4 is 5.97 Å². The summed E-state index contributed by atoms with van der Waals surface area (Å²) in [6, 6.07) is -0.370. The third kappa shape index (κ3) is 0.966. The molecule has 0 aromatic heterocycles. The van der Waals surface area contributed by atoms with E-state index in [1.54, 1.807) is 0 Å². The molecule has 3 unspecified atom stereocenters. The number of nitrogens with one attached hydrogen (secondary N) is 1. The van der Waals surface area contributed by atoms with Crippen LogP contribution in [-0.2, 0) is 4.79 Å². The van der Waals surface area contributed by atoms with Crippen LogP contribution in [0.25, 0.3) is 0 Å². The highest BCUT2D eigenvalue weighted by Crippen LogP contribution is 2.40. The molecule has 2 rings (SSSR count). The van der Waals surface area contributed by atoms with E-state index in [4.69, 9.17) is 5.11 Å². The van der Waals surface area contributed by atoms with Crippen LogP contribution in [0.3, 0.4) is 0 Å². The summed E-state index contributed by atoms with van der Waals surface area (Å²) in [5, 5.41) is 11.9. The minimum atomic E-state index is -0.731. The van der Waals surface area contributed by atoms with Crippen molar-refractivity contribution in [1.29, 1.82) is 0 Å². The lowest BCUT2D eigenvalue weighted by molar-refractivity contribution is -0.139. The Morgan fingerprint density at radius 2 is 2.42 bits per heavy atom. The number of aliphatic carboxylic acids is 1. The average Bonchev–Trinajstić information content (AvgIpc) is 2.53. The standard InChI is InChI=1S/C9H13NO2/c1-5-2-3-6-4-10-8(7(5)6)9(11)12/h6-8,10H,1-4H2,(H,11,12). The van der Waals surface area contributed by atoms with Crippen molar-refractivity contribution < 1.29 is 9.90 Å². The van der Waals surface area contributed by atoms with Crippen molar-refractivity contribution in [3.63, 3.8) is 0 Å². The molecule has 0 spiro atoms. The van der Waals surface area contributed by atoms with E-state index < -0.39 is 5.97 Å². The summed E-state index contributed by atoms with van der Waals surface area (Å²) in [7, 11) is 0. The number of hydrogen-bond donors (Lipinski definition) is 2. The molecule has 2 N–H and O–H groups in total. The van der Waals surface area contributed by atoms with Crippen LogP contribution in [0.4, 0.5) is 0 Å². The van der Waals surface area contributed by atoms with Crippen molar-refractivity contribution in [2.24, 2.45) is 11.8 Å². The van der Waals surface area contributed by atoms with Crippen molar-refractivity contribution in [2.75, 3.05) is 6.54 Å². The van der Waals surface area contributed by atoms with Crippen LogP contribution < -0.4 is 5.32 Å². The molecule has 3 atom stereocenters. The van der Waals surface area contributed by atoms with Crippen LogP contribution in [0.5, 0.6) is 0 Å². The Balaban J connectivity index is 2.19. The number of rotatable bonds is 1. The normalized spacial score (nSPS) is 40.0. The Bertz CT molecular complexity index is 237. The van der Waals surface area contributed by atoms with E-state index in [2.05, 4.69) is 11.9 Å². The van der Waals surface area contributed by atoms with Crippen molar-refractivity contribution in [3.8, 4) is 0 Å². The summed E-state index contributed by atoms with van der Waals surface area (Å²) in [5.41, 5.74) is 1.12. The highest BCUT2D eigenvalue weighted by molar-refractivity contribution is 5.75. The van der Waals surface area contributed by atoms with E-state index >= 15 is 0 Å².